The lowest BCUT2D eigenvalue weighted by Gasteiger charge is -2.34. The molecule has 0 aromatic heterocycles. The van der Waals surface area contributed by atoms with Gasteiger partial charge in [0.2, 0.25) is 0 Å². The highest BCUT2D eigenvalue weighted by molar-refractivity contribution is 6.99. The van der Waals surface area contributed by atoms with Crippen LogP contribution in [0.4, 0.5) is 0 Å². The standard InChI is InChI=1S/C20H15BO4/c1-22-12-6-3-8-14-18(12)21-19-13(23-2)7-4-9-15(19)25-17-11-5-10-16(24-14)20(17)21/h3-11H,1-2H3. The number of rotatable bonds is 2. The summed E-state index contributed by atoms with van der Waals surface area (Å²) in [6, 6.07) is 17.6. The summed E-state index contributed by atoms with van der Waals surface area (Å²) in [5.41, 5.74) is 3.01. The van der Waals surface area contributed by atoms with Gasteiger partial charge in [0.25, 0.3) is 6.71 Å². The molecule has 0 fully saturated rings. The van der Waals surface area contributed by atoms with Gasteiger partial charge in [0.15, 0.2) is 0 Å². The van der Waals surface area contributed by atoms with E-state index < -0.39 is 0 Å². The minimum atomic E-state index is -0.0639. The first-order chi connectivity index (χ1) is 12.3. The summed E-state index contributed by atoms with van der Waals surface area (Å²) >= 11 is 0. The molecule has 2 aliphatic rings. The van der Waals surface area contributed by atoms with Crippen LogP contribution >= 0.6 is 0 Å². The largest absolute Gasteiger partial charge is 0.497 e. The highest BCUT2D eigenvalue weighted by Gasteiger charge is 2.43. The first-order valence-corrected chi connectivity index (χ1v) is 8.14. The number of hydrogen-bond acceptors (Lipinski definition) is 4. The highest BCUT2D eigenvalue weighted by Crippen LogP contribution is 2.37. The van der Waals surface area contributed by atoms with E-state index in [1.165, 1.54) is 0 Å². The third-order valence-corrected chi connectivity index (χ3v) is 4.82. The molecule has 0 spiro atoms. The monoisotopic (exact) mass is 330 g/mol. The molecule has 0 amide bonds. The normalized spacial score (nSPS) is 13.0. The summed E-state index contributed by atoms with van der Waals surface area (Å²) < 4.78 is 23.6. The van der Waals surface area contributed by atoms with Crippen molar-refractivity contribution in [3.8, 4) is 34.5 Å². The van der Waals surface area contributed by atoms with E-state index >= 15 is 0 Å². The first kappa shape index (κ1) is 14.3. The van der Waals surface area contributed by atoms with Gasteiger partial charge in [0.05, 0.1) is 14.2 Å². The Hall–Kier alpha value is -3.08. The molecule has 3 aromatic carbocycles. The number of methoxy groups -OCH3 is 2. The second-order valence-electron chi connectivity index (χ2n) is 6.05. The van der Waals surface area contributed by atoms with Crippen molar-refractivity contribution in [1.82, 2.24) is 0 Å². The minimum absolute atomic E-state index is 0.0639. The summed E-state index contributed by atoms with van der Waals surface area (Å²) in [6.07, 6.45) is 0. The Morgan fingerprint density at radius 2 is 1.00 bits per heavy atom. The van der Waals surface area contributed by atoms with Crippen LogP contribution in [0, 0.1) is 0 Å². The average Bonchev–Trinajstić information content (AvgIpc) is 2.66. The number of ether oxygens (including phenoxy) is 4. The first-order valence-electron chi connectivity index (χ1n) is 8.14. The van der Waals surface area contributed by atoms with Crippen molar-refractivity contribution in [3.63, 3.8) is 0 Å². The molecule has 0 N–H and O–H groups in total. The zero-order chi connectivity index (χ0) is 17.0. The summed E-state index contributed by atoms with van der Waals surface area (Å²) in [6.45, 7) is -0.0639. The lowest BCUT2D eigenvalue weighted by atomic mass is 9.34. The maximum atomic E-state index is 6.15. The van der Waals surface area contributed by atoms with Gasteiger partial charge in [-0.15, -0.1) is 0 Å². The van der Waals surface area contributed by atoms with Crippen LogP contribution in [0.15, 0.2) is 54.6 Å². The van der Waals surface area contributed by atoms with Crippen LogP contribution in [0.3, 0.4) is 0 Å². The van der Waals surface area contributed by atoms with E-state index in [0.717, 1.165) is 50.9 Å². The molecule has 4 nitrogen and oxygen atoms in total. The molecule has 3 aromatic rings. The van der Waals surface area contributed by atoms with Crippen LogP contribution < -0.4 is 35.3 Å². The van der Waals surface area contributed by atoms with Crippen molar-refractivity contribution >= 4 is 23.1 Å². The van der Waals surface area contributed by atoms with Crippen molar-refractivity contribution in [2.45, 2.75) is 0 Å². The fourth-order valence-electron chi connectivity index (χ4n) is 3.81. The Morgan fingerprint density at radius 3 is 1.44 bits per heavy atom. The Morgan fingerprint density at radius 1 is 0.600 bits per heavy atom. The fourth-order valence-corrected chi connectivity index (χ4v) is 3.81. The third kappa shape index (κ3) is 1.89. The Bertz CT molecular complexity index is 923. The van der Waals surface area contributed by atoms with E-state index in [0.29, 0.717) is 0 Å². The molecule has 0 unspecified atom stereocenters. The molecule has 5 rings (SSSR count). The summed E-state index contributed by atoms with van der Waals surface area (Å²) in [5.74, 6) is 4.79. The molecule has 5 heteroatoms. The molecule has 2 aliphatic heterocycles. The fraction of sp³-hybridized carbons (Fsp3) is 0.100. The maximum Gasteiger partial charge on any atom is 0.270 e. The van der Waals surface area contributed by atoms with Gasteiger partial charge in [0, 0.05) is 16.4 Å². The van der Waals surface area contributed by atoms with Crippen molar-refractivity contribution in [2.24, 2.45) is 0 Å². The van der Waals surface area contributed by atoms with E-state index in [9.17, 15) is 0 Å². The average molecular weight is 330 g/mol. The smallest absolute Gasteiger partial charge is 0.270 e. The summed E-state index contributed by atoms with van der Waals surface area (Å²) in [7, 11) is 3.36. The van der Waals surface area contributed by atoms with Crippen LogP contribution in [-0.4, -0.2) is 20.9 Å². The predicted molar refractivity (Wildman–Crippen MR) is 97.2 cm³/mol. The topological polar surface area (TPSA) is 36.9 Å². The molecule has 2 heterocycles. The van der Waals surface area contributed by atoms with Gasteiger partial charge in [-0.05, 0) is 36.4 Å². The van der Waals surface area contributed by atoms with Gasteiger partial charge in [0.1, 0.15) is 34.5 Å². The maximum absolute atomic E-state index is 6.15. The lowest BCUT2D eigenvalue weighted by molar-refractivity contribution is 0.409. The van der Waals surface area contributed by atoms with Gasteiger partial charge in [-0.1, -0.05) is 18.2 Å². The third-order valence-electron chi connectivity index (χ3n) is 4.82. The summed E-state index contributed by atoms with van der Waals surface area (Å²) in [5, 5.41) is 0. The molecule has 0 radical (unpaired) electrons. The van der Waals surface area contributed by atoms with Crippen LogP contribution in [0.25, 0.3) is 0 Å². The van der Waals surface area contributed by atoms with Crippen LogP contribution in [0.1, 0.15) is 0 Å². The number of benzene rings is 3. The molecule has 0 aliphatic carbocycles. The molecular formula is C20H15BO4. The quantitative estimate of drug-likeness (QED) is 0.466. The Labute approximate surface area is 146 Å². The van der Waals surface area contributed by atoms with Crippen molar-refractivity contribution in [2.75, 3.05) is 14.2 Å². The SMILES string of the molecule is COc1cccc2c1B1c3c(OC)cccc3Oc3cccc(c31)O2. The molecule has 0 bridgehead atoms. The number of fused-ring (bicyclic) bond motifs is 4. The van der Waals surface area contributed by atoms with E-state index in [-0.39, 0.29) is 6.71 Å². The zero-order valence-corrected chi connectivity index (χ0v) is 13.9. The van der Waals surface area contributed by atoms with Gasteiger partial charge in [-0.3, -0.25) is 0 Å². The zero-order valence-electron chi connectivity index (χ0n) is 13.9. The van der Waals surface area contributed by atoms with Crippen LogP contribution in [-0.2, 0) is 0 Å². The number of hydrogen-bond donors (Lipinski definition) is 0. The van der Waals surface area contributed by atoms with Crippen molar-refractivity contribution in [1.29, 1.82) is 0 Å². The minimum Gasteiger partial charge on any atom is -0.497 e. The van der Waals surface area contributed by atoms with Gasteiger partial charge < -0.3 is 18.9 Å². The van der Waals surface area contributed by atoms with E-state index in [2.05, 4.69) is 0 Å². The van der Waals surface area contributed by atoms with E-state index in [1.807, 2.05) is 54.6 Å². The molecule has 122 valence electrons. The van der Waals surface area contributed by atoms with Crippen LogP contribution in [0.2, 0.25) is 0 Å². The van der Waals surface area contributed by atoms with Crippen molar-refractivity contribution < 1.29 is 18.9 Å². The molecule has 25 heavy (non-hydrogen) atoms. The van der Waals surface area contributed by atoms with Crippen molar-refractivity contribution in [3.05, 3.63) is 54.6 Å². The molecule has 0 saturated carbocycles. The predicted octanol–water partition coefficient (Wildman–Crippen LogP) is 2.43. The van der Waals surface area contributed by atoms with Gasteiger partial charge >= 0.3 is 0 Å². The lowest BCUT2D eigenvalue weighted by Crippen LogP contribution is -2.58. The molecular weight excluding hydrogens is 315 g/mol. The second kappa shape index (κ2) is 5.21. The highest BCUT2D eigenvalue weighted by atomic mass is 16.5. The second-order valence-corrected chi connectivity index (χ2v) is 6.05. The van der Waals surface area contributed by atoms with Gasteiger partial charge in [-0.25, -0.2) is 0 Å². The van der Waals surface area contributed by atoms with E-state index in [4.69, 9.17) is 18.9 Å². The molecule has 0 atom stereocenters. The molecule has 0 saturated heterocycles. The Balaban J connectivity index is 1.89. The van der Waals surface area contributed by atoms with Gasteiger partial charge in [-0.2, -0.15) is 0 Å². The Kier molecular flexibility index (Phi) is 2.98. The van der Waals surface area contributed by atoms with E-state index in [1.54, 1.807) is 14.2 Å². The van der Waals surface area contributed by atoms with Crippen LogP contribution in [0.5, 0.6) is 34.5 Å². The summed E-state index contributed by atoms with van der Waals surface area (Å²) in [4.78, 5) is 0.